The summed E-state index contributed by atoms with van der Waals surface area (Å²) in [6, 6.07) is 0. The first kappa shape index (κ1) is 13.2. The van der Waals surface area contributed by atoms with E-state index in [1.165, 1.54) is 0 Å². The zero-order valence-electron chi connectivity index (χ0n) is 9.32. The van der Waals surface area contributed by atoms with Crippen LogP contribution in [0.3, 0.4) is 0 Å². The SMILES string of the molecule is CC(CNCCCN(C)C)C(N)=NO. The van der Waals surface area contributed by atoms with Gasteiger partial charge in [-0.25, -0.2) is 0 Å². The standard InChI is InChI=1S/C9H22N4O/c1-8(9(10)12-14)7-11-5-4-6-13(2)3/h8,11,14H,4-7H2,1-3H3,(H2,10,12). The highest BCUT2D eigenvalue weighted by molar-refractivity contribution is 5.82. The molecule has 0 aromatic rings. The van der Waals surface area contributed by atoms with Gasteiger partial charge in [-0.3, -0.25) is 0 Å². The highest BCUT2D eigenvalue weighted by atomic mass is 16.4. The largest absolute Gasteiger partial charge is 0.409 e. The second-order valence-corrected chi connectivity index (χ2v) is 3.79. The summed E-state index contributed by atoms with van der Waals surface area (Å²) in [4.78, 5) is 2.15. The summed E-state index contributed by atoms with van der Waals surface area (Å²) in [5.74, 6) is 0.365. The van der Waals surface area contributed by atoms with E-state index in [0.29, 0.717) is 0 Å². The Morgan fingerprint density at radius 3 is 2.71 bits per heavy atom. The maximum Gasteiger partial charge on any atom is 0.143 e. The van der Waals surface area contributed by atoms with E-state index in [4.69, 9.17) is 10.9 Å². The van der Waals surface area contributed by atoms with Crippen molar-refractivity contribution in [3.8, 4) is 0 Å². The quantitative estimate of drug-likeness (QED) is 0.177. The molecule has 0 bridgehead atoms. The molecule has 5 nitrogen and oxygen atoms in total. The van der Waals surface area contributed by atoms with Gasteiger partial charge in [-0.15, -0.1) is 0 Å². The molecule has 0 aromatic carbocycles. The maximum absolute atomic E-state index is 8.41. The fourth-order valence-corrected chi connectivity index (χ4v) is 1.04. The molecule has 0 aliphatic carbocycles. The molecule has 0 amide bonds. The third-order valence-electron chi connectivity index (χ3n) is 2.03. The molecule has 0 spiro atoms. The van der Waals surface area contributed by atoms with Crippen molar-refractivity contribution < 1.29 is 5.21 Å². The van der Waals surface area contributed by atoms with Crippen LogP contribution in [0.1, 0.15) is 13.3 Å². The van der Waals surface area contributed by atoms with Crippen LogP contribution in [0.4, 0.5) is 0 Å². The number of oxime groups is 1. The summed E-state index contributed by atoms with van der Waals surface area (Å²) in [5, 5.41) is 14.6. The van der Waals surface area contributed by atoms with Gasteiger partial charge >= 0.3 is 0 Å². The van der Waals surface area contributed by atoms with Gasteiger partial charge in [0.25, 0.3) is 0 Å². The van der Waals surface area contributed by atoms with Gasteiger partial charge in [-0.2, -0.15) is 0 Å². The lowest BCUT2D eigenvalue weighted by Gasteiger charge is -2.12. The minimum absolute atomic E-state index is 0.0827. The second kappa shape index (κ2) is 7.58. The minimum Gasteiger partial charge on any atom is -0.409 e. The molecule has 0 radical (unpaired) electrons. The van der Waals surface area contributed by atoms with E-state index in [2.05, 4.69) is 29.5 Å². The van der Waals surface area contributed by atoms with Crippen molar-refractivity contribution in [3.63, 3.8) is 0 Å². The van der Waals surface area contributed by atoms with Gasteiger partial charge in [0, 0.05) is 12.5 Å². The average Bonchev–Trinajstić information content (AvgIpc) is 2.15. The van der Waals surface area contributed by atoms with Crippen LogP contribution < -0.4 is 11.1 Å². The smallest absolute Gasteiger partial charge is 0.143 e. The first-order valence-corrected chi connectivity index (χ1v) is 4.90. The topological polar surface area (TPSA) is 73.9 Å². The van der Waals surface area contributed by atoms with Crippen LogP contribution in [0.5, 0.6) is 0 Å². The molecule has 0 aliphatic rings. The van der Waals surface area contributed by atoms with E-state index in [1.807, 2.05) is 6.92 Å². The van der Waals surface area contributed by atoms with E-state index < -0.39 is 0 Å². The number of nitrogens with two attached hydrogens (primary N) is 1. The molecular weight excluding hydrogens is 180 g/mol. The van der Waals surface area contributed by atoms with E-state index in [9.17, 15) is 0 Å². The molecule has 84 valence electrons. The van der Waals surface area contributed by atoms with Crippen LogP contribution in [0.25, 0.3) is 0 Å². The predicted molar refractivity (Wildman–Crippen MR) is 58.6 cm³/mol. The van der Waals surface area contributed by atoms with Crippen molar-refractivity contribution in [1.29, 1.82) is 0 Å². The second-order valence-electron chi connectivity index (χ2n) is 3.79. The van der Waals surface area contributed by atoms with Gasteiger partial charge < -0.3 is 21.2 Å². The van der Waals surface area contributed by atoms with Crippen LogP contribution in [-0.2, 0) is 0 Å². The summed E-state index contributed by atoms with van der Waals surface area (Å²) in [5.41, 5.74) is 5.43. The summed E-state index contributed by atoms with van der Waals surface area (Å²) < 4.78 is 0. The van der Waals surface area contributed by atoms with E-state index in [1.54, 1.807) is 0 Å². The monoisotopic (exact) mass is 202 g/mol. The first-order valence-electron chi connectivity index (χ1n) is 4.90. The third-order valence-corrected chi connectivity index (χ3v) is 2.03. The molecule has 1 atom stereocenters. The summed E-state index contributed by atoms with van der Waals surface area (Å²) in [6.07, 6.45) is 1.11. The highest BCUT2D eigenvalue weighted by Gasteiger charge is 2.05. The van der Waals surface area contributed by atoms with Crippen molar-refractivity contribution in [2.75, 3.05) is 33.7 Å². The maximum atomic E-state index is 8.41. The van der Waals surface area contributed by atoms with Crippen LogP contribution in [-0.4, -0.2) is 49.7 Å². The third kappa shape index (κ3) is 6.68. The normalized spacial score (nSPS) is 14.7. The Balaban J connectivity index is 3.36. The van der Waals surface area contributed by atoms with Gasteiger partial charge in [-0.05, 0) is 33.6 Å². The van der Waals surface area contributed by atoms with Crippen molar-refractivity contribution in [1.82, 2.24) is 10.2 Å². The Bertz CT molecular complexity index is 170. The van der Waals surface area contributed by atoms with Crippen molar-refractivity contribution in [3.05, 3.63) is 0 Å². The lowest BCUT2D eigenvalue weighted by molar-refractivity contribution is 0.314. The van der Waals surface area contributed by atoms with Crippen molar-refractivity contribution >= 4 is 5.84 Å². The molecule has 14 heavy (non-hydrogen) atoms. The molecule has 0 saturated carbocycles. The molecule has 0 aliphatic heterocycles. The van der Waals surface area contributed by atoms with Gasteiger partial charge in [0.15, 0.2) is 0 Å². The van der Waals surface area contributed by atoms with E-state index in [0.717, 1.165) is 26.1 Å². The van der Waals surface area contributed by atoms with Gasteiger partial charge in [0.05, 0.1) is 0 Å². The lowest BCUT2D eigenvalue weighted by Crippen LogP contribution is -2.32. The van der Waals surface area contributed by atoms with Crippen molar-refractivity contribution in [2.45, 2.75) is 13.3 Å². The number of nitrogens with zero attached hydrogens (tertiary/aromatic N) is 2. The summed E-state index contributed by atoms with van der Waals surface area (Å²) in [7, 11) is 4.11. The predicted octanol–water partition coefficient (Wildman–Crippen LogP) is -0.0898. The lowest BCUT2D eigenvalue weighted by atomic mass is 10.1. The number of hydrogen-bond donors (Lipinski definition) is 3. The number of nitrogens with one attached hydrogen (secondary N) is 1. The van der Waals surface area contributed by atoms with E-state index >= 15 is 0 Å². The number of hydrogen-bond acceptors (Lipinski definition) is 4. The zero-order chi connectivity index (χ0) is 11.0. The van der Waals surface area contributed by atoms with E-state index in [-0.39, 0.29) is 11.8 Å². The molecule has 5 heteroatoms. The molecule has 0 aromatic heterocycles. The minimum atomic E-state index is 0.0827. The van der Waals surface area contributed by atoms with Crippen LogP contribution >= 0.6 is 0 Å². The summed E-state index contributed by atoms with van der Waals surface area (Å²) in [6.45, 7) is 4.71. The Morgan fingerprint density at radius 1 is 1.57 bits per heavy atom. The number of rotatable bonds is 7. The van der Waals surface area contributed by atoms with Crippen LogP contribution in [0.2, 0.25) is 0 Å². The highest BCUT2D eigenvalue weighted by Crippen LogP contribution is 1.92. The summed E-state index contributed by atoms with van der Waals surface area (Å²) >= 11 is 0. The molecule has 0 saturated heterocycles. The zero-order valence-corrected chi connectivity index (χ0v) is 9.32. The van der Waals surface area contributed by atoms with Gasteiger partial charge in [0.2, 0.25) is 0 Å². The molecular formula is C9H22N4O. The fourth-order valence-electron chi connectivity index (χ4n) is 1.04. The average molecular weight is 202 g/mol. The van der Waals surface area contributed by atoms with Gasteiger partial charge in [-0.1, -0.05) is 12.1 Å². The molecule has 0 rings (SSSR count). The molecule has 1 unspecified atom stereocenters. The molecule has 4 N–H and O–H groups in total. The Kier molecular flexibility index (Phi) is 7.14. The molecule has 0 heterocycles. The Morgan fingerprint density at radius 2 is 2.21 bits per heavy atom. The molecule has 0 fully saturated rings. The van der Waals surface area contributed by atoms with Gasteiger partial charge in [0.1, 0.15) is 5.84 Å². The first-order chi connectivity index (χ1) is 6.57. The number of amidine groups is 1. The van der Waals surface area contributed by atoms with Crippen LogP contribution in [0.15, 0.2) is 5.16 Å². The van der Waals surface area contributed by atoms with Crippen LogP contribution in [0, 0.1) is 5.92 Å². The fraction of sp³-hybridized carbons (Fsp3) is 0.889. The Labute approximate surface area is 86.0 Å². The van der Waals surface area contributed by atoms with Crippen molar-refractivity contribution in [2.24, 2.45) is 16.8 Å². The Hall–Kier alpha value is -0.810.